The van der Waals surface area contributed by atoms with Crippen molar-refractivity contribution in [1.29, 1.82) is 0 Å². The molecule has 3 rings (SSSR count). The number of hydrogen-bond donors (Lipinski definition) is 1. The second-order valence-corrected chi connectivity index (χ2v) is 7.03. The first kappa shape index (κ1) is 18.1. The Morgan fingerprint density at radius 2 is 2.00 bits per heavy atom. The van der Waals surface area contributed by atoms with Gasteiger partial charge in [0, 0.05) is 17.7 Å². The number of nitro benzene ring substituents is 1. The van der Waals surface area contributed by atoms with Crippen LogP contribution in [0.15, 0.2) is 47.4 Å². The molecule has 1 N–H and O–H groups in total. The van der Waals surface area contributed by atoms with Crippen LogP contribution in [0.2, 0.25) is 0 Å². The van der Waals surface area contributed by atoms with E-state index in [4.69, 9.17) is 17.0 Å². The Kier molecular flexibility index (Phi) is 5.34. The summed E-state index contributed by atoms with van der Waals surface area (Å²) < 4.78 is 5.85. The lowest BCUT2D eigenvalue weighted by Gasteiger charge is -2.10. The number of nitrogens with zero attached hydrogens (tertiary/aromatic N) is 1. The lowest BCUT2D eigenvalue weighted by atomic mass is 10.1. The van der Waals surface area contributed by atoms with Crippen molar-refractivity contribution in [1.82, 2.24) is 5.32 Å². The minimum absolute atomic E-state index is 0.0623. The first-order valence-electron chi connectivity index (χ1n) is 7.64. The molecular weight excluding hydrogens is 372 g/mol. The fourth-order valence-electron chi connectivity index (χ4n) is 2.30. The topological polar surface area (TPSA) is 81.5 Å². The Labute approximate surface area is 159 Å². The molecule has 2 aromatic carbocycles. The van der Waals surface area contributed by atoms with Gasteiger partial charge < -0.3 is 10.1 Å². The van der Waals surface area contributed by atoms with Crippen LogP contribution in [-0.2, 0) is 6.61 Å². The second-order valence-electron chi connectivity index (χ2n) is 5.61. The lowest BCUT2D eigenvalue weighted by molar-refractivity contribution is -0.384. The molecule has 0 spiro atoms. The summed E-state index contributed by atoms with van der Waals surface area (Å²) in [4.78, 5) is 22.9. The van der Waals surface area contributed by atoms with E-state index in [-0.39, 0.29) is 10.9 Å². The smallest absolute Gasteiger partial charge is 0.289 e. The van der Waals surface area contributed by atoms with Gasteiger partial charge in [0.15, 0.2) is 0 Å². The fourth-order valence-corrected chi connectivity index (χ4v) is 3.33. The summed E-state index contributed by atoms with van der Waals surface area (Å²) in [6.07, 6.45) is 1.63. The van der Waals surface area contributed by atoms with Crippen molar-refractivity contribution >= 4 is 46.0 Å². The Morgan fingerprint density at radius 1 is 1.27 bits per heavy atom. The molecule has 1 aliphatic heterocycles. The molecule has 1 heterocycles. The van der Waals surface area contributed by atoms with E-state index in [0.29, 0.717) is 27.8 Å². The number of thioether (sulfide) groups is 1. The summed E-state index contributed by atoms with van der Waals surface area (Å²) in [5.41, 5.74) is 2.56. The Bertz CT molecular complexity index is 923. The molecular formula is C18H14N2O4S2. The molecule has 1 amide bonds. The third-order valence-electron chi connectivity index (χ3n) is 3.65. The molecule has 26 heavy (non-hydrogen) atoms. The summed E-state index contributed by atoms with van der Waals surface area (Å²) in [7, 11) is 0. The summed E-state index contributed by atoms with van der Waals surface area (Å²) in [5, 5.41) is 13.3. The SMILES string of the molecule is Cc1ccc(COc2ccc([N+](=O)[O-])cc2/C=C2\SC(=O)NC2=S)cc1. The van der Waals surface area contributed by atoms with Crippen molar-refractivity contribution in [3.05, 3.63) is 74.2 Å². The number of non-ortho nitro benzene ring substituents is 1. The molecule has 1 aliphatic rings. The molecule has 0 bridgehead atoms. The maximum Gasteiger partial charge on any atom is 0.289 e. The highest BCUT2D eigenvalue weighted by Crippen LogP contribution is 2.32. The average molecular weight is 386 g/mol. The molecule has 0 aromatic heterocycles. The number of thiocarbonyl (C=S) groups is 1. The molecule has 132 valence electrons. The first-order chi connectivity index (χ1) is 12.4. The van der Waals surface area contributed by atoms with Crippen molar-refractivity contribution in [3.63, 3.8) is 0 Å². The van der Waals surface area contributed by atoms with Crippen molar-refractivity contribution in [2.75, 3.05) is 0 Å². The largest absolute Gasteiger partial charge is 0.488 e. The minimum atomic E-state index is -0.477. The van der Waals surface area contributed by atoms with Crippen LogP contribution in [0.4, 0.5) is 10.5 Å². The van der Waals surface area contributed by atoms with Gasteiger partial charge in [-0.15, -0.1) is 0 Å². The molecule has 0 atom stereocenters. The minimum Gasteiger partial charge on any atom is -0.488 e. The van der Waals surface area contributed by atoms with Crippen LogP contribution in [0.3, 0.4) is 0 Å². The summed E-state index contributed by atoms with van der Waals surface area (Å²) in [6, 6.07) is 12.2. The predicted octanol–water partition coefficient (Wildman–Crippen LogP) is 4.61. The fraction of sp³-hybridized carbons (Fsp3) is 0.111. The predicted molar refractivity (Wildman–Crippen MR) is 105 cm³/mol. The highest BCUT2D eigenvalue weighted by atomic mass is 32.2. The van der Waals surface area contributed by atoms with E-state index in [9.17, 15) is 14.9 Å². The Morgan fingerprint density at radius 3 is 2.62 bits per heavy atom. The molecule has 0 saturated carbocycles. The molecule has 8 heteroatoms. The van der Waals surface area contributed by atoms with Gasteiger partial charge in [0.2, 0.25) is 0 Å². The molecule has 1 saturated heterocycles. The number of aryl methyl sites for hydroxylation is 1. The maximum absolute atomic E-state index is 11.4. The normalized spacial score (nSPS) is 15.2. The number of nitro groups is 1. The maximum atomic E-state index is 11.4. The summed E-state index contributed by atoms with van der Waals surface area (Å²) in [5.74, 6) is 0.478. The zero-order valence-corrected chi connectivity index (χ0v) is 15.4. The van der Waals surface area contributed by atoms with Crippen LogP contribution in [-0.4, -0.2) is 15.2 Å². The third kappa shape index (κ3) is 4.27. The van der Waals surface area contributed by atoms with E-state index in [1.807, 2.05) is 31.2 Å². The number of ether oxygens (including phenoxy) is 1. The highest BCUT2D eigenvalue weighted by molar-refractivity contribution is 8.19. The number of nitrogens with one attached hydrogen (secondary N) is 1. The monoisotopic (exact) mass is 386 g/mol. The van der Waals surface area contributed by atoms with E-state index in [2.05, 4.69) is 5.32 Å². The number of carbonyl (C=O) groups is 1. The Hall–Kier alpha value is -2.71. The first-order valence-corrected chi connectivity index (χ1v) is 8.86. The highest BCUT2D eigenvalue weighted by Gasteiger charge is 2.22. The number of rotatable bonds is 5. The summed E-state index contributed by atoms with van der Waals surface area (Å²) >= 11 is 6.05. The average Bonchev–Trinajstić information content (AvgIpc) is 2.92. The zero-order valence-electron chi connectivity index (χ0n) is 13.7. The van der Waals surface area contributed by atoms with E-state index in [0.717, 1.165) is 22.9 Å². The molecule has 2 aromatic rings. The van der Waals surface area contributed by atoms with E-state index in [1.165, 1.54) is 12.1 Å². The van der Waals surface area contributed by atoms with Gasteiger partial charge in [0.1, 0.15) is 17.3 Å². The van der Waals surface area contributed by atoms with Crippen LogP contribution in [0.5, 0.6) is 5.75 Å². The van der Waals surface area contributed by atoms with E-state index >= 15 is 0 Å². The van der Waals surface area contributed by atoms with E-state index in [1.54, 1.807) is 12.1 Å². The van der Waals surface area contributed by atoms with Crippen molar-refractivity contribution < 1.29 is 14.5 Å². The lowest BCUT2D eigenvalue weighted by Crippen LogP contribution is -2.15. The van der Waals surface area contributed by atoms with Gasteiger partial charge in [-0.1, -0.05) is 42.0 Å². The van der Waals surface area contributed by atoms with Gasteiger partial charge in [0.25, 0.3) is 10.9 Å². The molecule has 0 unspecified atom stereocenters. The van der Waals surface area contributed by atoms with Gasteiger partial charge in [-0.25, -0.2) is 0 Å². The zero-order chi connectivity index (χ0) is 18.7. The van der Waals surface area contributed by atoms with E-state index < -0.39 is 4.92 Å². The van der Waals surface area contributed by atoms with Gasteiger partial charge in [-0.05, 0) is 36.4 Å². The van der Waals surface area contributed by atoms with Crippen LogP contribution >= 0.6 is 24.0 Å². The third-order valence-corrected chi connectivity index (χ3v) is 4.93. The quantitative estimate of drug-likeness (QED) is 0.350. The van der Waals surface area contributed by atoms with Gasteiger partial charge in [0.05, 0.1) is 9.83 Å². The number of carbonyl (C=O) groups excluding carboxylic acids is 1. The van der Waals surface area contributed by atoms with Crippen LogP contribution in [0.1, 0.15) is 16.7 Å². The number of amides is 1. The number of hydrogen-bond acceptors (Lipinski definition) is 6. The number of benzene rings is 2. The second kappa shape index (κ2) is 7.67. The van der Waals surface area contributed by atoms with Gasteiger partial charge in [-0.2, -0.15) is 0 Å². The van der Waals surface area contributed by atoms with Crippen LogP contribution < -0.4 is 10.1 Å². The van der Waals surface area contributed by atoms with Crippen molar-refractivity contribution in [3.8, 4) is 5.75 Å². The van der Waals surface area contributed by atoms with Gasteiger partial charge >= 0.3 is 0 Å². The van der Waals surface area contributed by atoms with Crippen LogP contribution in [0, 0.1) is 17.0 Å². The summed E-state index contributed by atoms with van der Waals surface area (Å²) in [6.45, 7) is 2.33. The Balaban J connectivity index is 1.90. The van der Waals surface area contributed by atoms with Crippen molar-refractivity contribution in [2.45, 2.75) is 13.5 Å². The molecule has 6 nitrogen and oxygen atoms in total. The van der Waals surface area contributed by atoms with Crippen molar-refractivity contribution in [2.24, 2.45) is 0 Å². The molecule has 1 fully saturated rings. The van der Waals surface area contributed by atoms with Gasteiger partial charge in [-0.3, -0.25) is 14.9 Å². The standard InChI is InChI=1S/C18H14N2O4S2/c1-11-2-4-12(5-3-11)10-24-15-7-6-14(20(22)23)8-13(15)9-16-17(25)19-18(21)26-16/h2-9H,10H2,1H3,(H,19,21,25)/b16-9-. The molecule has 0 aliphatic carbocycles. The molecule has 0 radical (unpaired) electrons. The van der Waals surface area contributed by atoms with Crippen LogP contribution in [0.25, 0.3) is 6.08 Å².